The van der Waals surface area contributed by atoms with Crippen molar-refractivity contribution in [3.63, 3.8) is 0 Å². The molecule has 0 bridgehead atoms. The highest BCUT2D eigenvalue weighted by molar-refractivity contribution is 7.91. The van der Waals surface area contributed by atoms with E-state index < -0.39 is 16.1 Å². The summed E-state index contributed by atoms with van der Waals surface area (Å²) in [5.41, 5.74) is 1.45. The van der Waals surface area contributed by atoms with E-state index in [1.54, 1.807) is 18.2 Å². The van der Waals surface area contributed by atoms with E-state index in [2.05, 4.69) is 9.38 Å². The minimum Gasteiger partial charge on any atom is -0.591 e. The normalized spacial score (nSPS) is 14.0. The van der Waals surface area contributed by atoms with Crippen molar-refractivity contribution in [1.82, 2.24) is 4.98 Å². The molecular weight excluding hydrogens is 311 g/mol. The first-order valence-electron chi connectivity index (χ1n) is 6.43. The first-order valence-corrected chi connectivity index (χ1v) is 8.07. The van der Waals surface area contributed by atoms with Crippen LogP contribution >= 0.6 is 11.6 Å². The molecule has 1 unspecified atom stereocenters. The van der Waals surface area contributed by atoms with E-state index >= 15 is 0 Å². The lowest BCUT2D eigenvalue weighted by Crippen LogP contribution is -2.25. The molecule has 21 heavy (non-hydrogen) atoms. The lowest BCUT2D eigenvalue weighted by Gasteiger charge is -2.17. The van der Waals surface area contributed by atoms with Crippen LogP contribution in [-0.4, -0.2) is 20.5 Å². The number of rotatable bonds is 3. The molecule has 0 spiro atoms. The molecule has 0 saturated heterocycles. The largest absolute Gasteiger partial charge is 0.591 e. The maximum atomic E-state index is 13.7. The van der Waals surface area contributed by atoms with Gasteiger partial charge in [0.25, 0.3) is 0 Å². The zero-order chi connectivity index (χ0) is 15.6. The second kappa shape index (κ2) is 6.30. The summed E-state index contributed by atoms with van der Waals surface area (Å²) in [6, 6.07) is 6.50. The highest BCUT2D eigenvalue weighted by Gasteiger charge is 2.26. The Morgan fingerprint density at radius 3 is 2.76 bits per heavy atom. The molecule has 0 radical (unpaired) electrons. The second-order valence-electron chi connectivity index (χ2n) is 5.57. The first kappa shape index (κ1) is 16.2. The zero-order valence-electron chi connectivity index (χ0n) is 12.1. The van der Waals surface area contributed by atoms with Gasteiger partial charge >= 0.3 is 0 Å². The maximum Gasteiger partial charge on any atom is 0.149 e. The van der Waals surface area contributed by atoms with Gasteiger partial charge in [0.2, 0.25) is 0 Å². The van der Waals surface area contributed by atoms with Crippen LogP contribution in [0.15, 0.2) is 28.7 Å². The summed E-state index contributed by atoms with van der Waals surface area (Å²) in [5.74, 6) is -0.256. The molecule has 2 rings (SSSR count). The quantitative estimate of drug-likeness (QED) is 0.486. The van der Waals surface area contributed by atoms with Crippen LogP contribution in [0, 0.1) is 5.82 Å². The van der Waals surface area contributed by atoms with Crippen molar-refractivity contribution in [1.29, 1.82) is 0 Å². The third kappa shape index (κ3) is 3.73. The number of hydrogen-bond acceptors (Lipinski definition) is 3. The van der Waals surface area contributed by atoms with E-state index in [-0.39, 0.29) is 17.2 Å². The number of benzene rings is 1. The summed E-state index contributed by atoms with van der Waals surface area (Å²) < 4.78 is 29.3. The fraction of sp³-hybridized carbons (Fsp3) is 0.333. The van der Waals surface area contributed by atoms with Crippen molar-refractivity contribution in [2.75, 3.05) is 0 Å². The van der Waals surface area contributed by atoms with Gasteiger partial charge in [0.1, 0.15) is 27.4 Å². The van der Waals surface area contributed by atoms with E-state index in [0.29, 0.717) is 16.6 Å². The van der Waals surface area contributed by atoms with Gasteiger partial charge in [0.05, 0.1) is 17.8 Å². The Balaban J connectivity index is 2.46. The summed E-state index contributed by atoms with van der Waals surface area (Å²) in [6.07, 6.45) is 1.50. The van der Waals surface area contributed by atoms with Crippen molar-refractivity contribution in [2.45, 2.75) is 31.4 Å². The van der Waals surface area contributed by atoms with Gasteiger partial charge in [-0.15, -0.1) is 11.6 Å². The summed E-state index contributed by atoms with van der Waals surface area (Å²) in [4.78, 5) is 4.24. The van der Waals surface area contributed by atoms with Crippen LogP contribution in [0.25, 0.3) is 10.9 Å². The molecule has 0 amide bonds. The van der Waals surface area contributed by atoms with E-state index in [1.165, 1.54) is 12.3 Å². The molecule has 0 saturated carbocycles. The maximum absolute atomic E-state index is 13.7. The van der Waals surface area contributed by atoms with E-state index in [1.807, 2.05) is 20.8 Å². The smallest absolute Gasteiger partial charge is 0.149 e. The van der Waals surface area contributed by atoms with Gasteiger partial charge in [0, 0.05) is 10.9 Å². The van der Waals surface area contributed by atoms with Gasteiger partial charge in [-0.2, -0.15) is 0 Å². The average Bonchev–Trinajstić information content (AvgIpc) is 2.43. The number of fused-ring (bicyclic) bond motifs is 1. The predicted molar refractivity (Wildman–Crippen MR) is 86.7 cm³/mol. The van der Waals surface area contributed by atoms with Crippen LogP contribution in [0.1, 0.15) is 32.0 Å². The highest BCUT2D eigenvalue weighted by atomic mass is 35.5. The minimum absolute atomic E-state index is 0.133. The Kier molecular flexibility index (Phi) is 4.86. The second-order valence-corrected chi connectivity index (χ2v) is 7.77. The van der Waals surface area contributed by atoms with E-state index in [0.717, 1.165) is 0 Å². The molecule has 1 aromatic heterocycles. The molecule has 0 aliphatic rings. The number of pyridine rings is 1. The minimum atomic E-state index is -1.36. The zero-order valence-corrected chi connectivity index (χ0v) is 13.6. The Labute approximate surface area is 131 Å². The number of nitrogens with zero attached hydrogens (tertiary/aromatic N) is 2. The SMILES string of the molecule is CC(C)(C)[S+]([O-])/N=C/c1cc2cccc(F)c2nc1CCl. The van der Waals surface area contributed by atoms with Crippen molar-refractivity contribution in [3.05, 3.63) is 41.3 Å². The molecule has 6 heteroatoms. The number of halogens is 2. The molecule has 1 heterocycles. The van der Waals surface area contributed by atoms with E-state index in [4.69, 9.17) is 11.6 Å². The van der Waals surface area contributed by atoms with Gasteiger partial charge in [-0.25, -0.2) is 9.37 Å². The summed E-state index contributed by atoms with van der Waals surface area (Å²) >= 11 is 4.51. The third-order valence-electron chi connectivity index (χ3n) is 2.85. The number of hydrogen-bond donors (Lipinski definition) is 0. The van der Waals surface area contributed by atoms with Crippen LogP contribution in [0.3, 0.4) is 0 Å². The molecule has 1 aromatic carbocycles. The average molecular weight is 327 g/mol. The van der Waals surface area contributed by atoms with Crippen LogP contribution in [0.2, 0.25) is 0 Å². The molecular formula is C15H16ClFN2OS. The Morgan fingerprint density at radius 2 is 2.14 bits per heavy atom. The monoisotopic (exact) mass is 326 g/mol. The topological polar surface area (TPSA) is 48.3 Å². The molecule has 0 fully saturated rings. The van der Waals surface area contributed by atoms with Crippen molar-refractivity contribution in [2.24, 2.45) is 4.40 Å². The molecule has 0 aliphatic carbocycles. The summed E-state index contributed by atoms with van der Waals surface area (Å²) in [6.45, 7) is 5.53. The molecule has 2 aromatic rings. The van der Waals surface area contributed by atoms with Crippen LogP contribution in [0.5, 0.6) is 0 Å². The fourth-order valence-electron chi connectivity index (χ4n) is 1.70. The highest BCUT2D eigenvalue weighted by Crippen LogP contribution is 2.21. The summed E-state index contributed by atoms with van der Waals surface area (Å²) in [5, 5.41) is 0.659. The lowest BCUT2D eigenvalue weighted by molar-refractivity contribution is 0.562. The molecule has 0 aliphatic heterocycles. The number of para-hydroxylation sites is 1. The van der Waals surface area contributed by atoms with Gasteiger partial charge in [-0.1, -0.05) is 16.5 Å². The van der Waals surface area contributed by atoms with Crippen LogP contribution in [-0.2, 0) is 17.2 Å². The third-order valence-corrected chi connectivity index (χ3v) is 4.44. The fourth-order valence-corrected chi connectivity index (χ4v) is 2.44. The standard InChI is InChI=1S/C15H16ClFN2OS/c1-15(2,3)21(20)18-9-11-7-10-5-4-6-12(17)14(10)19-13(11)8-16/h4-7,9H,8H2,1-3H3/b18-9+. The number of alkyl halides is 1. The molecule has 112 valence electrons. The Morgan fingerprint density at radius 1 is 1.43 bits per heavy atom. The lowest BCUT2D eigenvalue weighted by atomic mass is 10.1. The molecule has 3 nitrogen and oxygen atoms in total. The Bertz CT molecular complexity index is 685. The first-order chi connectivity index (χ1) is 9.82. The van der Waals surface area contributed by atoms with Gasteiger partial charge < -0.3 is 4.55 Å². The van der Waals surface area contributed by atoms with Crippen molar-refractivity contribution >= 4 is 40.1 Å². The van der Waals surface area contributed by atoms with Gasteiger partial charge in [0.15, 0.2) is 0 Å². The predicted octanol–water partition coefficient (Wildman–Crippen LogP) is 3.99. The van der Waals surface area contributed by atoms with Crippen molar-refractivity contribution in [3.8, 4) is 0 Å². The molecule has 1 atom stereocenters. The molecule has 0 N–H and O–H groups in total. The van der Waals surface area contributed by atoms with Crippen molar-refractivity contribution < 1.29 is 8.94 Å². The van der Waals surface area contributed by atoms with E-state index in [9.17, 15) is 8.94 Å². The number of aromatic nitrogens is 1. The van der Waals surface area contributed by atoms with Crippen LogP contribution in [0.4, 0.5) is 4.39 Å². The van der Waals surface area contributed by atoms with Gasteiger partial charge in [-0.05, 0) is 32.9 Å². The summed E-state index contributed by atoms with van der Waals surface area (Å²) in [7, 11) is 0. The van der Waals surface area contributed by atoms with Gasteiger partial charge in [-0.3, -0.25) is 0 Å². The van der Waals surface area contributed by atoms with Crippen LogP contribution < -0.4 is 0 Å². The Hall–Kier alpha value is -1.17.